The lowest BCUT2D eigenvalue weighted by Crippen LogP contribution is -2.54. The van der Waals surface area contributed by atoms with Gasteiger partial charge in [-0.25, -0.2) is 9.69 Å². The Morgan fingerprint density at radius 1 is 0.889 bits per heavy atom. The number of hydrogen-bond acceptors (Lipinski definition) is 4. The van der Waals surface area contributed by atoms with Crippen LogP contribution in [-0.2, 0) is 16.2 Å². The van der Waals surface area contributed by atoms with Crippen molar-refractivity contribution in [2.24, 2.45) is 0 Å². The van der Waals surface area contributed by atoms with Crippen LogP contribution in [0.2, 0.25) is 5.02 Å². The van der Waals surface area contributed by atoms with Crippen LogP contribution in [0.1, 0.15) is 11.1 Å². The second kappa shape index (κ2) is 9.97. The summed E-state index contributed by atoms with van der Waals surface area (Å²) in [5.41, 5.74) is 1.76. The van der Waals surface area contributed by atoms with E-state index in [9.17, 15) is 14.4 Å². The van der Waals surface area contributed by atoms with Crippen LogP contribution in [-0.4, -0.2) is 17.8 Å². The van der Waals surface area contributed by atoms with E-state index in [1.807, 2.05) is 18.2 Å². The van der Waals surface area contributed by atoms with Crippen LogP contribution in [0.4, 0.5) is 10.5 Å². The fraction of sp³-hybridized carbons (Fsp3) is 0.0357. The monoisotopic (exact) mass is 560 g/mol. The van der Waals surface area contributed by atoms with Gasteiger partial charge < -0.3 is 4.74 Å². The molecule has 0 spiro atoms. The number of carbonyl (C=O) groups is 3. The van der Waals surface area contributed by atoms with Gasteiger partial charge in [0.15, 0.2) is 0 Å². The molecule has 1 N–H and O–H groups in total. The summed E-state index contributed by atoms with van der Waals surface area (Å²) < 4.78 is 6.64. The first-order chi connectivity index (χ1) is 17.4. The number of benzene rings is 4. The second-order valence-corrected chi connectivity index (χ2v) is 9.39. The predicted octanol–water partition coefficient (Wildman–Crippen LogP) is 6.50. The molecular formula is C28H18BrClN2O4. The van der Waals surface area contributed by atoms with Crippen molar-refractivity contribution >= 4 is 67.9 Å². The lowest BCUT2D eigenvalue weighted by atomic mass is 10.1. The number of nitrogens with zero attached hydrogens (tertiary/aromatic N) is 1. The van der Waals surface area contributed by atoms with E-state index in [4.69, 9.17) is 16.3 Å². The van der Waals surface area contributed by atoms with Crippen molar-refractivity contribution in [3.8, 4) is 5.75 Å². The summed E-state index contributed by atoms with van der Waals surface area (Å²) in [7, 11) is 0. The summed E-state index contributed by atoms with van der Waals surface area (Å²) >= 11 is 9.41. The van der Waals surface area contributed by atoms with Gasteiger partial charge in [0.1, 0.15) is 17.9 Å². The zero-order valence-electron chi connectivity index (χ0n) is 18.7. The topological polar surface area (TPSA) is 75.7 Å². The minimum Gasteiger partial charge on any atom is -0.488 e. The average Bonchev–Trinajstić information content (AvgIpc) is 2.87. The van der Waals surface area contributed by atoms with Crippen LogP contribution in [0.15, 0.2) is 95.0 Å². The molecule has 0 unspecified atom stereocenters. The van der Waals surface area contributed by atoms with Gasteiger partial charge in [-0.15, -0.1) is 0 Å². The van der Waals surface area contributed by atoms with Gasteiger partial charge in [-0.05, 0) is 86.4 Å². The van der Waals surface area contributed by atoms with Crippen molar-refractivity contribution in [1.82, 2.24) is 5.32 Å². The maximum atomic E-state index is 13.0. The third-order valence-electron chi connectivity index (χ3n) is 5.66. The van der Waals surface area contributed by atoms with E-state index in [0.717, 1.165) is 21.2 Å². The quantitative estimate of drug-likeness (QED) is 0.223. The van der Waals surface area contributed by atoms with Gasteiger partial charge in [0.2, 0.25) is 0 Å². The average molecular weight is 562 g/mol. The van der Waals surface area contributed by atoms with Crippen molar-refractivity contribution in [2.75, 3.05) is 4.90 Å². The van der Waals surface area contributed by atoms with E-state index in [-0.39, 0.29) is 5.57 Å². The lowest BCUT2D eigenvalue weighted by molar-refractivity contribution is -0.122. The molecule has 4 amide bonds. The number of fused-ring (bicyclic) bond motifs is 1. The van der Waals surface area contributed by atoms with Crippen molar-refractivity contribution in [3.63, 3.8) is 0 Å². The minimum absolute atomic E-state index is 0.165. The molecule has 178 valence electrons. The van der Waals surface area contributed by atoms with Gasteiger partial charge in [-0.1, -0.05) is 54.1 Å². The summed E-state index contributed by atoms with van der Waals surface area (Å²) in [6.07, 6.45) is 1.44. The molecule has 36 heavy (non-hydrogen) atoms. The van der Waals surface area contributed by atoms with E-state index in [1.54, 1.807) is 30.3 Å². The lowest BCUT2D eigenvalue weighted by Gasteiger charge is -2.26. The summed E-state index contributed by atoms with van der Waals surface area (Å²) in [5, 5.41) is 4.98. The normalized spacial score (nSPS) is 14.9. The number of halogens is 2. The number of carbonyl (C=O) groups excluding carboxylic acids is 3. The number of urea groups is 1. The molecule has 5 rings (SSSR count). The third-order valence-corrected chi connectivity index (χ3v) is 6.53. The number of barbiturate groups is 1. The van der Waals surface area contributed by atoms with E-state index >= 15 is 0 Å². The molecule has 0 aromatic heterocycles. The SMILES string of the molecule is O=C1NC(=O)N(c2ccc(Cl)cc2)C(=O)/C1=C/c1ccc(OCc2ccc3ccccc3c2)c(Br)c1. The molecule has 1 heterocycles. The van der Waals surface area contributed by atoms with Gasteiger partial charge >= 0.3 is 6.03 Å². The Morgan fingerprint density at radius 2 is 1.64 bits per heavy atom. The highest BCUT2D eigenvalue weighted by Gasteiger charge is 2.36. The van der Waals surface area contributed by atoms with E-state index in [1.165, 1.54) is 18.2 Å². The Balaban J connectivity index is 1.35. The Kier molecular flexibility index (Phi) is 6.59. The number of anilines is 1. The number of imide groups is 2. The molecule has 0 bridgehead atoms. The Bertz CT molecular complexity index is 1550. The number of ether oxygens (including phenoxy) is 1. The summed E-state index contributed by atoms with van der Waals surface area (Å²) in [5.74, 6) is -0.871. The van der Waals surface area contributed by atoms with Crippen LogP contribution < -0.4 is 15.0 Å². The first-order valence-electron chi connectivity index (χ1n) is 11.0. The highest BCUT2D eigenvalue weighted by atomic mass is 79.9. The first-order valence-corrected chi connectivity index (χ1v) is 12.1. The summed E-state index contributed by atoms with van der Waals surface area (Å²) in [6.45, 7) is 0.378. The van der Waals surface area contributed by atoms with Gasteiger partial charge in [0.05, 0.1) is 10.2 Å². The van der Waals surface area contributed by atoms with Crippen molar-refractivity contribution in [2.45, 2.75) is 6.61 Å². The first kappa shape index (κ1) is 23.8. The van der Waals surface area contributed by atoms with Crippen molar-refractivity contribution < 1.29 is 19.1 Å². The minimum atomic E-state index is -0.817. The molecule has 1 aliphatic heterocycles. The van der Waals surface area contributed by atoms with Crippen LogP contribution >= 0.6 is 27.5 Å². The molecule has 4 aromatic carbocycles. The van der Waals surface area contributed by atoms with Crippen LogP contribution in [0.5, 0.6) is 5.75 Å². The standard InChI is InChI=1S/C28H18BrClN2O4/c29-24-15-17(6-12-25(24)36-16-18-5-7-19-3-1-2-4-20(19)13-18)14-23-26(33)31-28(35)32(27(23)34)22-10-8-21(30)9-11-22/h1-15H,16H2,(H,31,33,35)/b23-14+. The molecule has 0 radical (unpaired) electrons. The smallest absolute Gasteiger partial charge is 0.335 e. The third kappa shape index (κ3) is 4.89. The van der Waals surface area contributed by atoms with Crippen molar-refractivity contribution in [1.29, 1.82) is 0 Å². The van der Waals surface area contributed by atoms with Crippen LogP contribution in [0, 0.1) is 0 Å². The fourth-order valence-corrected chi connectivity index (χ4v) is 4.50. The number of amides is 4. The van der Waals surface area contributed by atoms with Crippen LogP contribution in [0.25, 0.3) is 16.8 Å². The highest BCUT2D eigenvalue weighted by molar-refractivity contribution is 9.10. The molecule has 0 atom stereocenters. The van der Waals surface area contributed by atoms with Crippen LogP contribution in [0.3, 0.4) is 0 Å². The number of rotatable bonds is 5. The van der Waals surface area contributed by atoms with Gasteiger partial charge in [0.25, 0.3) is 11.8 Å². The zero-order valence-corrected chi connectivity index (χ0v) is 21.0. The van der Waals surface area contributed by atoms with Crippen molar-refractivity contribution in [3.05, 3.63) is 111 Å². The molecule has 1 fully saturated rings. The second-order valence-electron chi connectivity index (χ2n) is 8.09. The Morgan fingerprint density at radius 3 is 2.39 bits per heavy atom. The largest absolute Gasteiger partial charge is 0.488 e. The molecule has 0 aliphatic carbocycles. The molecule has 0 saturated carbocycles. The molecule has 4 aromatic rings. The van der Waals surface area contributed by atoms with E-state index in [2.05, 4.69) is 45.5 Å². The van der Waals surface area contributed by atoms with E-state index in [0.29, 0.717) is 33.1 Å². The number of nitrogens with one attached hydrogen (secondary N) is 1. The highest BCUT2D eigenvalue weighted by Crippen LogP contribution is 2.29. The summed E-state index contributed by atoms with van der Waals surface area (Å²) in [6, 6.07) is 24.9. The Hall–Kier alpha value is -3.94. The van der Waals surface area contributed by atoms with Gasteiger partial charge in [-0.3, -0.25) is 14.9 Å². The van der Waals surface area contributed by atoms with Gasteiger partial charge in [0, 0.05) is 5.02 Å². The number of hydrogen-bond donors (Lipinski definition) is 1. The maximum Gasteiger partial charge on any atom is 0.335 e. The summed E-state index contributed by atoms with van der Waals surface area (Å²) in [4.78, 5) is 38.7. The van der Waals surface area contributed by atoms with Gasteiger partial charge in [-0.2, -0.15) is 0 Å². The molecular weight excluding hydrogens is 544 g/mol. The maximum absolute atomic E-state index is 13.0. The zero-order chi connectivity index (χ0) is 25.2. The molecule has 8 heteroatoms. The fourth-order valence-electron chi connectivity index (χ4n) is 3.86. The molecule has 1 saturated heterocycles. The molecule has 1 aliphatic rings. The Labute approximate surface area is 220 Å². The predicted molar refractivity (Wildman–Crippen MR) is 143 cm³/mol. The molecule has 6 nitrogen and oxygen atoms in total. The van der Waals surface area contributed by atoms with E-state index < -0.39 is 17.8 Å².